The topological polar surface area (TPSA) is 44.4 Å². The summed E-state index contributed by atoms with van der Waals surface area (Å²) < 4.78 is 0. The van der Waals surface area contributed by atoms with Crippen LogP contribution in [0.1, 0.15) is 51.0 Å². The van der Waals surface area contributed by atoms with Crippen molar-refractivity contribution in [3.63, 3.8) is 0 Å². The molecule has 0 aliphatic carbocycles. The Balaban J connectivity index is 1.67. The summed E-state index contributed by atoms with van der Waals surface area (Å²) in [5.74, 6) is 0.870. The van der Waals surface area contributed by atoms with Gasteiger partial charge in [-0.05, 0) is 55.1 Å². The van der Waals surface area contributed by atoms with E-state index in [0.29, 0.717) is 17.5 Å². The van der Waals surface area contributed by atoms with Crippen molar-refractivity contribution in [2.24, 2.45) is 0 Å². The minimum atomic E-state index is 0.284. The average Bonchev–Trinajstić information content (AvgIpc) is 2.96. The van der Waals surface area contributed by atoms with Gasteiger partial charge in [-0.25, -0.2) is 0 Å². The number of hydrogen-bond acceptors (Lipinski definition) is 2. The lowest BCUT2D eigenvalue weighted by atomic mass is 9.99. The molecule has 1 aliphatic rings. The molecule has 23 heavy (non-hydrogen) atoms. The molecule has 1 aromatic carbocycles. The van der Waals surface area contributed by atoms with E-state index in [9.17, 15) is 4.79 Å². The number of nitrogens with one attached hydrogen (secondary N) is 2. The van der Waals surface area contributed by atoms with E-state index in [4.69, 9.17) is 12.2 Å². The van der Waals surface area contributed by atoms with Crippen LogP contribution in [-0.4, -0.2) is 35.6 Å². The van der Waals surface area contributed by atoms with Crippen LogP contribution in [0, 0.1) is 0 Å². The smallest absolute Gasteiger partial charge is 0.222 e. The molecule has 5 heteroatoms. The normalized spacial score (nSPS) is 15.6. The van der Waals surface area contributed by atoms with Crippen LogP contribution < -0.4 is 10.6 Å². The van der Waals surface area contributed by atoms with E-state index in [1.165, 1.54) is 5.56 Å². The fourth-order valence-corrected chi connectivity index (χ4v) is 2.94. The lowest BCUT2D eigenvalue weighted by Gasteiger charge is -2.16. The zero-order chi connectivity index (χ0) is 16.7. The zero-order valence-electron chi connectivity index (χ0n) is 14.1. The maximum absolute atomic E-state index is 11.5. The van der Waals surface area contributed by atoms with E-state index in [-0.39, 0.29) is 5.91 Å². The SMILES string of the molecule is CCC(C)c1ccc(NC(=S)NCCCN2CCCC2=O)cc1. The molecule has 1 unspecified atom stereocenters. The Morgan fingerprint density at radius 1 is 1.35 bits per heavy atom. The van der Waals surface area contributed by atoms with Crippen LogP contribution in [0.3, 0.4) is 0 Å². The maximum Gasteiger partial charge on any atom is 0.222 e. The zero-order valence-corrected chi connectivity index (χ0v) is 14.9. The molecule has 0 spiro atoms. The second-order valence-electron chi connectivity index (χ2n) is 6.15. The number of carbonyl (C=O) groups is 1. The van der Waals surface area contributed by atoms with Gasteiger partial charge in [0.05, 0.1) is 0 Å². The molecule has 2 rings (SSSR count). The molecule has 1 amide bonds. The third-order valence-corrected chi connectivity index (χ3v) is 4.66. The summed E-state index contributed by atoms with van der Waals surface area (Å²) in [6, 6.07) is 8.44. The van der Waals surface area contributed by atoms with Gasteiger partial charge in [0.25, 0.3) is 0 Å². The fraction of sp³-hybridized carbons (Fsp3) is 0.556. The summed E-state index contributed by atoms with van der Waals surface area (Å²) in [6.07, 6.45) is 3.77. The molecule has 1 heterocycles. The highest BCUT2D eigenvalue weighted by atomic mass is 32.1. The molecule has 1 fully saturated rings. The molecular formula is C18H27N3OS. The Hall–Kier alpha value is -1.62. The highest BCUT2D eigenvalue weighted by Gasteiger charge is 2.18. The number of thiocarbonyl (C=S) groups is 1. The van der Waals surface area contributed by atoms with Gasteiger partial charge in [-0.1, -0.05) is 26.0 Å². The van der Waals surface area contributed by atoms with E-state index >= 15 is 0 Å². The molecule has 0 radical (unpaired) electrons. The van der Waals surface area contributed by atoms with Crippen LogP contribution >= 0.6 is 12.2 Å². The van der Waals surface area contributed by atoms with Gasteiger partial charge in [0.1, 0.15) is 0 Å². The molecule has 0 aromatic heterocycles. The highest BCUT2D eigenvalue weighted by Crippen LogP contribution is 2.20. The van der Waals surface area contributed by atoms with Crippen molar-refractivity contribution >= 4 is 28.9 Å². The summed E-state index contributed by atoms with van der Waals surface area (Å²) in [4.78, 5) is 13.4. The third-order valence-electron chi connectivity index (χ3n) is 4.41. The Labute approximate surface area is 144 Å². The van der Waals surface area contributed by atoms with Crippen LogP contribution in [0.4, 0.5) is 5.69 Å². The van der Waals surface area contributed by atoms with Gasteiger partial charge in [-0.3, -0.25) is 4.79 Å². The van der Waals surface area contributed by atoms with Gasteiger partial charge in [-0.15, -0.1) is 0 Å². The van der Waals surface area contributed by atoms with E-state index in [0.717, 1.165) is 44.6 Å². The van der Waals surface area contributed by atoms with Crippen molar-refractivity contribution in [1.29, 1.82) is 0 Å². The first-order valence-corrected chi connectivity index (χ1v) is 8.93. The molecule has 0 saturated carbocycles. The van der Waals surface area contributed by atoms with E-state index in [1.807, 2.05) is 4.90 Å². The third kappa shape index (κ3) is 5.50. The molecular weight excluding hydrogens is 306 g/mol. The van der Waals surface area contributed by atoms with Crippen molar-refractivity contribution in [3.05, 3.63) is 29.8 Å². The van der Waals surface area contributed by atoms with Crippen molar-refractivity contribution in [2.45, 2.75) is 45.4 Å². The second kappa shape index (κ2) is 8.87. The molecule has 1 aliphatic heterocycles. The summed E-state index contributed by atoms with van der Waals surface area (Å²) in [6.45, 7) is 6.94. The Morgan fingerprint density at radius 3 is 2.70 bits per heavy atom. The van der Waals surface area contributed by atoms with Crippen molar-refractivity contribution in [2.75, 3.05) is 25.0 Å². The predicted molar refractivity (Wildman–Crippen MR) is 99.8 cm³/mol. The molecule has 4 nitrogen and oxygen atoms in total. The molecule has 0 bridgehead atoms. The largest absolute Gasteiger partial charge is 0.362 e. The quantitative estimate of drug-likeness (QED) is 0.592. The molecule has 2 N–H and O–H groups in total. The standard InChI is InChI=1S/C18H27N3OS/c1-3-14(2)15-7-9-16(10-8-15)20-18(23)19-11-5-13-21-12-4-6-17(21)22/h7-10,14H,3-6,11-13H2,1-2H3,(H2,19,20,23). The predicted octanol–water partition coefficient (Wildman–Crippen LogP) is 3.50. The van der Waals surface area contributed by atoms with E-state index in [1.54, 1.807) is 0 Å². The minimum Gasteiger partial charge on any atom is -0.362 e. The van der Waals surface area contributed by atoms with Crippen LogP contribution in [0.15, 0.2) is 24.3 Å². The number of rotatable bonds is 7. The number of anilines is 1. The van der Waals surface area contributed by atoms with Gasteiger partial charge in [0.15, 0.2) is 5.11 Å². The summed E-state index contributed by atoms with van der Waals surface area (Å²) in [5, 5.41) is 7.04. The van der Waals surface area contributed by atoms with Crippen LogP contribution in [0.5, 0.6) is 0 Å². The number of carbonyl (C=O) groups excluding carboxylic acids is 1. The Bertz CT molecular complexity index is 530. The van der Waals surface area contributed by atoms with Gasteiger partial charge >= 0.3 is 0 Å². The first kappa shape index (κ1) is 17.7. The summed E-state index contributed by atoms with van der Waals surface area (Å²) >= 11 is 5.31. The van der Waals surface area contributed by atoms with Crippen LogP contribution in [0.2, 0.25) is 0 Å². The molecule has 1 aromatic rings. The van der Waals surface area contributed by atoms with E-state index < -0.39 is 0 Å². The lowest BCUT2D eigenvalue weighted by Crippen LogP contribution is -2.32. The van der Waals surface area contributed by atoms with Crippen LogP contribution in [-0.2, 0) is 4.79 Å². The first-order valence-electron chi connectivity index (χ1n) is 8.52. The minimum absolute atomic E-state index is 0.284. The van der Waals surface area contributed by atoms with Crippen molar-refractivity contribution < 1.29 is 4.79 Å². The Kier molecular flexibility index (Phi) is 6.84. The lowest BCUT2D eigenvalue weighted by molar-refractivity contribution is -0.127. The monoisotopic (exact) mass is 333 g/mol. The van der Waals surface area contributed by atoms with Crippen LogP contribution in [0.25, 0.3) is 0 Å². The number of amides is 1. The van der Waals surface area contributed by atoms with Gasteiger partial charge in [-0.2, -0.15) is 0 Å². The molecule has 1 saturated heterocycles. The molecule has 126 valence electrons. The molecule has 1 atom stereocenters. The Morgan fingerprint density at radius 2 is 2.09 bits per heavy atom. The number of likely N-dealkylation sites (tertiary alicyclic amines) is 1. The summed E-state index contributed by atoms with van der Waals surface area (Å²) in [7, 11) is 0. The van der Waals surface area contributed by atoms with E-state index in [2.05, 4.69) is 48.7 Å². The maximum atomic E-state index is 11.5. The first-order chi connectivity index (χ1) is 11.1. The van der Waals surface area contributed by atoms with Gasteiger partial charge in [0, 0.05) is 31.7 Å². The summed E-state index contributed by atoms with van der Waals surface area (Å²) in [5.41, 5.74) is 2.36. The fourth-order valence-electron chi connectivity index (χ4n) is 2.72. The van der Waals surface area contributed by atoms with Crippen molar-refractivity contribution in [3.8, 4) is 0 Å². The second-order valence-corrected chi connectivity index (χ2v) is 6.56. The van der Waals surface area contributed by atoms with Gasteiger partial charge < -0.3 is 15.5 Å². The average molecular weight is 334 g/mol. The highest BCUT2D eigenvalue weighted by molar-refractivity contribution is 7.80. The number of benzene rings is 1. The number of nitrogens with zero attached hydrogens (tertiary/aromatic N) is 1. The van der Waals surface area contributed by atoms with Crippen molar-refractivity contribution in [1.82, 2.24) is 10.2 Å². The van der Waals surface area contributed by atoms with Gasteiger partial charge in [0.2, 0.25) is 5.91 Å². The number of hydrogen-bond donors (Lipinski definition) is 2.